The largest absolute Gasteiger partial charge is 0.378 e. The summed E-state index contributed by atoms with van der Waals surface area (Å²) in [5, 5.41) is 3.79. The molecule has 0 radical (unpaired) electrons. The third-order valence-electron chi connectivity index (χ3n) is 5.64. The minimum Gasteiger partial charge on any atom is -0.378 e. The lowest BCUT2D eigenvalue weighted by atomic mass is 9.51. The van der Waals surface area contributed by atoms with Crippen molar-refractivity contribution in [3.8, 4) is 0 Å². The summed E-state index contributed by atoms with van der Waals surface area (Å²) < 4.78 is 5.92. The summed E-state index contributed by atoms with van der Waals surface area (Å²) in [4.78, 5) is 0. The van der Waals surface area contributed by atoms with E-state index < -0.39 is 0 Å². The van der Waals surface area contributed by atoms with Gasteiger partial charge in [0.05, 0.1) is 6.10 Å². The Morgan fingerprint density at radius 1 is 1.24 bits per heavy atom. The van der Waals surface area contributed by atoms with E-state index in [1.807, 2.05) is 0 Å². The highest BCUT2D eigenvalue weighted by atomic mass is 16.5. The van der Waals surface area contributed by atoms with Crippen LogP contribution in [0.25, 0.3) is 0 Å². The summed E-state index contributed by atoms with van der Waals surface area (Å²) in [6.07, 6.45) is 5.78. The fraction of sp³-hybridized carbons (Fsp3) is 0.684. The molecular formula is C19H29NO. The molecule has 2 nitrogen and oxygen atoms in total. The van der Waals surface area contributed by atoms with Crippen LogP contribution in [0.4, 0.5) is 0 Å². The van der Waals surface area contributed by atoms with Crippen LogP contribution >= 0.6 is 0 Å². The Morgan fingerprint density at radius 3 is 2.48 bits per heavy atom. The molecule has 2 unspecified atom stereocenters. The van der Waals surface area contributed by atoms with Gasteiger partial charge in [0, 0.05) is 24.6 Å². The lowest BCUT2D eigenvalue weighted by Crippen LogP contribution is -2.66. The zero-order valence-corrected chi connectivity index (χ0v) is 13.7. The van der Waals surface area contributed by atoms with Crippen LogP contribution in [0.2, 0.25) is 0 Å². The third kappa shape index (κ3) is 2.76. The Bertz CT molecular complexity index is 461. The van der Waals surface area contributed by atoms with Gasteiger partial charge in [0.1, 0.15) is 0 Å². The van der Waals surface area contributed by atoms with Gasteiger partial charge in [-0.25, -0.2) is 0 Å². The molecule has 1 aromatic carbocycles. The monoisotopic (exact) mass is 287 g/mol. The molecule has 116 valence electrons. The molecule has 1 N–H and O–H groups in total. The van der Waals surface area contributed by atoms with E-state index in [1.165, 1.54) is 36.8 Å². The van der Waals surface area contributed by atoms with E-state index >= 15 is 0 Å². The maximum atomic E-state index is 5.92. The Morgan fingerprint density at radius 2 is 1.95 bits per heavy atom. The van der Waals surface area contributed by atoms with Crippen molar-refractivity contribution in [2.75, 3.05) is 6.61 Å². The molecule has 1 aromatic rings. The molecule has 1 spiro atoms. The second kappa shape index (κ2) is 6.10. The number of nitrogens with one attached hydrogen (secondary N) is 1. The molecule has 0 bridgehead atoms. The number of rotatable bonds is 6. The van der Waals surface area contributed by atoms with E-state index in [0.29, 0.717) is 23.5 Å². The molecule has 0 aliphatic heterocycles. The Hall–Kier alpha value is -0.860. The van der Waals surface area contributed by atoms with Crippen molar-refractivity contribution < 1.29 is 4.74 Å². The van der Waals surface area contributed by atoms with Gasteiger partial charge in [0.15, 0.2) is 0 Å². The van der Waals surface area contributed by atoms with Crippen LogP contribution in [0.1, 0.15) is 63.5 Å². The minimum atomic E-state index is 0.466. The molecule has 2 saturated carbocycles. The summed E-state index contributed by atoms with van der Waals surface area (Å²) in [5.74, 6) is 0.615. The quantitative estimate of drug-likeness (QED) is 0.844. The van der Waals surface area contributed by atoms with Crippen molar-refractivity contribution in [2.24, 2.45) is 5.41 Å². The maximum Gasteiger partial charge on any atom is 0.0661 e. The van der Waals surface area contributed by atoms with E-state index in [4.69, 9.17) is 4.74 Å². The van der Waals surface area contributed by atoms with Crippen molar-refractivity contribution in [3.63, 3.8) is 0 Å². The first-order valence-corrected chi connectivity index (χ1v) is 8.59. The number of hydrogen-bond donors (Lipinski definition) is 1. The second-order valence-corrected chi connectivity index (χ2v) is 7.10. The molecule has 3 rings (SSSR count). The molecule has 2 atom stereocenters. The van der Waals surface area contributed by atoms with Crippen LogP contribution in [-0.2, 0) is 11.3 Å². The molecule has 0 heterocycles. The van der Waals surface area contributed by atoms with E-state index in [9.17, 15) is 0 Å². The van der Waals surface area contributed by atoms with Gasteiger partial charge in [-0.2, -0.15) is 0 Å². The average Bonchev–Trinajstić information content (AvgIpc) is 2.40. The van der Waals surface area contributed by atoms with E-state index in [-0.39, 0.29) is 0 Å². The Kier molecular flexibility index (Phi) is 4.37. The standard InChI is InChI=1S/C19H29NO/c1-4-21-18-12-17(19(18)10-5-11-19)20-13-15-6-8-16(9-7-15)14(2)3/h6-9,14,17-18,20H,4-5,10-13H2,1-3H3. The summed E-state index contributed by atoms with van der Waals surface area (Å²) in [6.45, 7) is 8.45. The fourth-order valence-electron chi connectivity index (χ4n) is 3.99. The van der Waals surface area contributed by atoms with Crippen LogP contribution in [-0.4, -0.2) is 18.8 Å². The van der Waals surface area contributed by atoms with Gasteiger partial charge < -0.3 is 10.1 Å². The average molecular weight is 287 g/mol. The van der Waals surface area contributed by atoms with Gasteiger partial charge in [0.25, 0.3) is 0 Å². The molecule has 2 heteroatoms. The first kappa shape index (κ1) is 15.1. The summed E-state index contributed by atoms with van der Waals surface area (Å²) in [6, 6.07) is 9.74. The predicted molar refractivity (Wildman–Crippen MR) is 87.5 cm³/mol. The van der Waals surface area contributed by atoms with E-state index in [2.05, 4.69) is 50.4 Å². The Labute approximate surface area is 129 Å². The molecule has 21 heavy (non-hydrogen) atoms. The second-order valence-electron chi connectivity index (χ2n) is 7.10. The highest BCUT2D eigenvalue weighted by Gasteiger charge is 2.58. The SMILES string of the molecule is CCOC1CC(NCc2ccc(C(C)C)cc2)C12CCC2. The minimum absolute atomic E-state index is 0.466. The van der Waals surface area contributed by atoms with Crippen molar-refractivity contribution in [2.45, 2.75) is 71.1 Å². The Balaban J connectivity index is 1.54. The van der Waals surface area contributed by atoms with Crippen LogP contribution in [0, 0.1) is 5.41 Å². The van der Waals surface area contributed by atoms with Crippen molar-refractivity contribution in [3.05, 3.63) is 35.4 Å². The third-order valence-corrected chi connectivity index (χ3v) is 5.64. The van der Waals surface area contributed by atoms with Crippen LogP contribution in [0.3, 0.4) is 0 Å². The lowest BCUT2D eigenvalue weighted by molar-refractivity contribution is -0.173. The number of ether oxygens (including phenoxy) is 1. The van der Waals surface area contributed by atoms with Crippen LogP contribution in [0.5, 0.6) is 0 Å². The molecule has 2 aliphatic rings. The molecule has 2 fully saturated rings. The highest BCUT2D eigenvalue weighted by Crippen LogP contribution is 2.57. The van der Waals surface area contributed by atoms with Crippen LogP contribution < -0.4 is 5.32 Å². The maximum absolute atomic E-state index is 5.92. The van der Waals surface area contributed by atoms with Gasteiger partial charge in [-0.1, -0.05) is 44.5 Å². The number of hydrogen-bond acceptors (Lipinski definition) is 2. The fourth-order valence-corrected chi connectivity index (χ4v) is 3.99. The zero-order chi connectivity index (χ0) is 14.9. The zero-order valence-electron chi connectivity index (χ0n) is 13.7. The first-order valence-electron chi connectivity index (χ1n) is 8.59. The van der Waals surface area contributed by atoms with Crippen molar-refractivity contribution in [1.29, 1.82) is 0 Å². The summed E-state index contributed by atoms with van der Waals surface area (Å²) in [5.41, 5.74) is 3.29. The molecule has 0 saturated heterocycles. The predicted octanol–water partition coefficient (Wildman–Crippen LogP) is 4.25. The highest BCUT2D eigenvalue weighted by molar-refractivity contribution is 5.25. The van der Waals surface area contributed by atoms with Crippen molar-refractivity contribution >= 4 is 0 Å². The van der Waals surface area contributed by atoms with Crippen LogP contribution in [0.15, 0.2) is 24.3 Å². The van der Waals surface area contributed by atoms with Gasteiger partial charge in [-0.15, -0.1) is 0 Å². The topological polar surface area (TPSA) is 21.3 Å². The molecule has 2 aliphatic carbocycles. The molecule has 0 amide bonds. The van der Waals surface area contributed by atoms with Gasteiger partial charge in [0.2, 0.25) is 0 Å². The summed E-state index contributed by atoms with van der Waals surface area (Å²) in [7, 11) is 0. The normalized spacial score (nSPS) is 26.7. The summed E-state index contributed by atoms with van der Waals surface area (Å²) >= 11 is 0. The van der Waals surface area contributed by atoms with Gasteiger partial charge in [-0.3, -0.25) is 0 Å². The van der Waals surface area contributed by atoms with Gasteiger partial charge in [-0.05, 0) is 43.2 Å². The lowest BCUT2D eigenvalue weighted by Gasteiger charge is -2.61. The smallest absolute Gasteiger partial charge is 0.0661 e. The molecule has 0 aromatic heterocycles. The van der Waals surface area contributed by atoms with E-state index in [1.54, 1.807) is 0 Å². The molecular weight excluding hydrogens is 258 g/mol. The van der Waals surface area contributed by atoms with Crippen molar-refractivity contribution in [1.82, 2.24) is 5.32 Å². The first-order chi connectivity index (χ1) is 10.2. The van der Waals surface area contributed by atoms with E-state index in [0.717, 1.165) is 13.2 Å². The van der Waals surface area contributed by atoms with Gasteiger partial charge >= 0.3 is 0 Å². The number of benzene rings is 1.